The third kappa shape index (κ3) is 4.10. The predicted molar refractivity (Wildman–Crippen MR) is 89.2 cm³/mol. The van der Waals surface area contributed by atoms with Gasteiger partial charge in [-0.25, -0.2) is 4.98 Å². The number of imidazole rings is 1. The Labute approximate surface area is 132 Å². The fourth-order valence-corrected chi connectivity index (χ4v) is 2.29. The molecule has 1 heterocycles. The summed E-state index contributed by atoms with van der Waals surface area (Å²) in [4.78, 5) is 18.4. The number of nitrogens with zero attached hydrogens (tertiary/aromatic N) is 3. The summed E-state index contributed by atoms with van der Waals surface area (Å²) in [5.41, 5.74) is 1.71. The van der Waals surface area contributed by atoms with E-state index in [9.17, 15) is 4.79 Å². The van der Waals surface area contributed by atoms with E-state index in [4.69, 9.17) is 0 Å². The Kier molecular flexibility index (Phi) is 5.20. The van der Waals surface area contributed by atoms with Crippen LogP contribution in [0.2, 0.25) is 0 Å². The molecule has 0 saturated carbocycles. The Bertz CT molecular complexity index is 633. The Hall–Kier alpha value is -2.30. The summed E-state index contributed by atoms with van der Waals surface area (Å²) in [5, 5.41) is 3.01. The zero-order valence-electron chi connectivity index (χ0n) is 13.7. The summed E-state index contributed by atoms with van der Waals surface area (Å²) in [6, 6.07) is 7.64. The monoisotopic (exact) mass is 300 g/mol. The SMILES string of the molecule is Cc1nccn1C[C@H](C)CNC(=O)c1cccc(N(C)C)c1. The van der Waals surface area contributed by atoms with Gasteiger partial charge in [0.2, 0.25) is 0 Å². The number of carbonyl (C=O) groups is 1. The van der Waals surface area contributed by atoms with Gasteiger partial charge >= 0.3 is 0 Å². The highest BCUT2D eigenvalue weighted by Crippen LogP contribution is 2.13. The molecule has 2 aromatic rings. The van der Waals surface area contributed by atoms with Crippen LogP contribution in [0.4, 0.5) is 5.69 Å². The smallest absolute Gasteiger partial charge is 0.251 e. The summed E-state index contributed by atoms with van der Waals surface area (Å²) >= 11 is 0. The van der Waals surface area contributed by atoms with E-state index in [1.54, 1.807) is 6.20 Å². The second kappa shape index (κ2) is 7.11. The topological polar surface area (TPSA) is 50.2 Å². The summed E-state index contributed by atoms with van der Waals surface area (Å²) in [6.45, 7) is 5.60. The zero-order valence-corrected chi connectivity index (χ0v) is 13.7. The van der Waals surface area contributed by atoms with Crippen LogP contribution in [0.5, 0.6) is 0 Å². The van der Waals surface area contributed by atoms with Gasteiger partial charge in [-0.2, -0.15) is 0 Å². The van der Waals surface area contributed by atoms with E-state index in [2.05, 4.69) is 21.8 Å². The second-order valence-corrected chi connectivity index (χ2v) is 5.89. The molecule has 0 spiro atoms. The first-order chi connectivity index (χ1) is 10.5. The molecule has 0 aliphatic rings. The maximum absolute atomic E-state index is 12.2. The van der Waals surface area contributed by atoms with Crippen molar-refractivity contribution in [2.75, 3.05) is 25.5 Å². The molecule has 1 aromatic heterocycles. The van der Waals surface area contributed by atoms with Gasteiger partial charge in [0.25, 0.3) is 5.91 Å². The van der Waals surface area contributed by atoms with Crippen LogP contribution in [0.3, 0.4) is 0 Å². The molecule has 1 aromatic carbocycles. The van der Waals surface area contributed by atoms with Gasteiger partial charge in [-0.05, 0) is 31.0 Å². The van der Waals surface area contributed by atoms with Gasteiger partial charge in [0.1, 0.15) is 5.82 Å². The standard InChI is InChI=1S/C17H24N4O/c1-13(12-21-9-8-18-14(21)2)11-19-17(22)15-6-5-7-16(10-15)20(3)4/h5-10,13H,11-12H2,1-4H3,(H,19,22)/t13-/m1/s1. The van der Waals surface area contributed by atoms with Crippen molar-refractivity contribution in [3.05, 3.63) is 48.0 Å². The van der Waals surface area contributed by atoms with Crippen LogP contribution in [-0.4, -0.2) is 36.1 Å². The largest absolute Gasteiger partial charge is 0.378 e. The molecule has 0 unspecified atom stereocenters. The molecule has 0 bridgehead atoms. The van der Waals surface area contributed by atoms with Gasteiger partial charge < -0.3 is 14.8 Å². The van der Waals surface area contributed by atoms with Crippen LogP contribution in [0.15, 0.2) is 36.7 Å². The van der Waals surface area contributed by atoms with Crippen molar-refractivity contribution in [1.82, 2.24) is 14.9 Å². The van der Waals surface area contributed by atoms with E-state index >= 15 is 0 Å². The summed E-state index contributed by atoms with van der Waals surface area (Å²) in [6.07, 6.45) is 3.77. The Morgan fingerprint density at radius 1 is 1.41 bits per heavy atom. The number of nitrogens with one attached hydrogen (secondary N) is 1. The van der Waals surface area contributed by atoms with Gasteiger partial charge in [-0.15, -0.1) is 0 Å². The van der Waals surface area contributed by atoms with Crippen molar-refractivity contribution in [2.45, 2.75) is 20.4 Å². The fourth-order valence-electron chi connectivity index (χ4n) is 2.29. The number of carbonyl (C=O) groups excluding carboxylic acids is 1. The van der Waals surface area contributed by atoms with Gasteiger partial charge in [-0.1, -0.05) is 13.0 Å². The molecular formula is C17H24N4O. The van der Waals surface area contributed by atoms with Crippen molar-refractivity contribution in [2.24, 2.45) is 5.92 Å². The quantitative estimate of drug-likeness (QED) is 0.891. The van der Waals surface area contributed by atoms with E-state index < -0.39 is 0 Å². The van der Waals surface area contributed by atoms with E-state index in [0.717, 1.165) is 18.1 Å². The van der Waals surface area contributed by atoms with Crippen LogP contribution in [-0.2, 0) is 6.54 Å². The number of anilines is 1. The first kappa shape index (κ1) is 16.1. The minimum absolute atomic E-state index is 0.0297. The number of aryl methyl sites for hydroxylation is 1. The van der Waals surface area contributed by atoms with Gasteiger partial charge in [0.05, 0.1) is 0 Å². The van der Waals surface area contributed by atoms with Crippen LogP contribution >= 0.6 is 0 Å². The average Bonchev–Trinajstić information content (AvgIpc) is 2.90. The summed E-state index contributed by atoms with van der Waals surface area (Å²) in [7, 11) is 3.93. The van der Waals surface area contributed by atoms with Crippen molar-refractivity contribution in [1.29, 1.82) is 0 Å². The van der Waals surface area contributed by atoms with Crippen LogP contribution in [0.1, 0.15) is 23.1 Å². The molecule has 0 saturated heterocycles. The highest BCUT2D eigenvalue weighted by molar-refractivity contribution is 5.95. The Morgan fingerprint density at radius 2 is 2.18 bits per heavy atom. The fraction of sp³-hybridized carbons (Fsp3) is 0.412. The first-order valence-electron chi connectivity index (χ1n) is 7.50. The lowest BCUT2D eigenvalue weighted by Crippen LogP contribution is -2.30. The molecular weight excluding hydrogens is 276 g/mol. The number of rotatable bonds is 6. The molecule has 118 valence electrons. The molecule has 0 fully saturated rings. The number of aromatic nitrogens is 2. The van der Waals surface area contributed by atoms with Crippen molar-refractivity contribution in [3.8, 4) is 0 Å². The normalized spacial score (nSPS) is 12.0. The Morgan fingerprint density at radius 3 is 2.82 bits per heavy atom. The van der Waals surface area contributed by atoms with Gasteiger partial charge in [-0.3, -0.25) is 4.79 Å². The predicted octanol–water partition coefficient (Wildman–Crippen LogP) is 2.32. The number of hydrogen-bond donors (Lipinski definition) is 1. The molecule has 0 aliphatic heterocycles. The second-order valence-electron chi connectivity index (χ2n) is 5.89. The maximum Gasteiger partial charge on any atom is 0.251 e. The lowest BCUT2D eigenvalue weighted by molar-refractivity contribution is 0.0947. The summed E-state index contributed by atoms with van der Waals surface area (Å²) < 4.78 is 2.10. The molecule has 2 rings (SSSR count). The van der Waals surface area contributed by atoms with E-state index in [1.165, 1.54) is 0 Å². The molecule has 22 heavy (non-hydrogen) atoms. The number of benzene rings is 1. The maximum atomic E-state index is 12.2. The Balaban J connectivity index is 1.89. The first-order valence-corrected chi connectivity index (χ1v) is 7.50. The van der Waals surface area contributed by atoms with Crippen LogP contribution < -0.4 is 10.2 Å². The van der Waals surface area contributed by atoms with Crippen molar-refractivity contribution in [3.63, 3.8) is 0 Å². The number of hydrogen-bond acceptors (Lipinski definition) is 3. The molecule has 1 amide bonds. The van der Waals surface area contributed by atoms with Gasteiger partial charge in [0, 0.05) is 50.8 Å². The number of amides is 1. The lowest BCUT2D eigenvalue weighted by Gasteiger charge is -2.16. The minimum atomic E-state index is -0.0297. The third-order valence-corrected chi connectivity index (χ3v) is 3.67. The van der Waals surface area contributed by atoms with E-state index in [0.29, 0.717) is 18.0 Å². The molecule has 5 nitrogen and oxygen atoms in total. The lowest BCUT2D eigenvalue weighted by atomic mass is 10.1. The van der Waals surface area contributed by atoms with Gasteiger partial charge in [0.15, 0.2) is 0 Å². The van der Waals surface area contributed by atoms with E-state index in [-0.39, 0.29) is 5.91 Å². The van der Waals surface area contributed by atoms with Crippen LogP contribution in [0.25, 0.3) is 0 Å². The molecule has 0 radical (unpaired) electrons. The highest BCUT2D eigenvalue weighted by atomic mass is 16.1. The minimum Gasteiger partial charge on any atom is -0.378 e. The molecule has 0 aliphatic carbocycles. The third-order valence-electron chi connectivity index (χ3n) is 3.67. The van der Waals surface area contributed by atoms with E-state index in [1.807, 2.05) is 56.4 Å². The molecule has 1 N–H and O–H groups in total. The highest BCUT2D eigenvalue weighted by Gasteiger charge is 2.10. The van der Waals surface area contributed by atoms with Crippen molar-refractivity contribution >= 4 is 11.6 Å². The molecule has 5 heteroatoms. The average molecular weight is 300 g/mol. The van der Waals surface area contributed by atoms with Crippen molar-refractivity contribution < 1.29 is 4.79 Å². The van der Waals surface area contributed by atoms with Crippen LogP contribution in [0, 0.1) is 12.8 Å². The molecule has 1 atom stereocenters. The zero-order chi connectivity index (χ0) is 16.1. The summed E-state index contributed by atoms with van der Waals surface area (Å²) in [5.74, 6) is 1.31.